The molecule has 3 aromatic carbocycles. The van der Waals surface area contributed by atoms with Crippen LogP contribution in [0.15, 0.2) is 76.6 Å². The first kappa shape index (κ1) is 26.7. The lowest BCUT2D eigenvalue weighted by Gasteiger charge is -2.26. The van der Waals surface area contributed by atoms with Gasteiger partial charge in [-0.05, 0) is 55.0 Å². The fraction of sp³-hybridized carbons (Fsp3) is 0.250. The Morgan fingerprint density at radius 2 is 1.69 bits per heavy atom. The van der Waals surface area contributed by atoms with E-state index in [1.807, 2.05) is 29.2 Å². The van der Waals surface area contributed by atoms with Crippen molar-refractivity contribution < 1.29 is 31.9 Å². The Balaban J connectivity index is 1.49. The summed E-state index contributed by atoms with van der Waals surface area (Å²) in [5, 5.41) is 0. The van der Waals surface area contributed by atoms with Gasteiger partial charge < -0.3 is 14.4 Å². The number of morpholine rings is 1. The zero-order chi connectivity index (χ0) is 27.6. The molecule has 9 nitrogen and oxygen atoms in total. The van der Waals surface area contributed by atoms with Crippen LogP contribution in [0.3, 0.4) is 0 Å². The number of rotatable bonds is 6. The van der Waals surface area contributed by atoms with Gasteiger partial charge >= 0.3 is 5.97 Å². The number of carbonyl (C=O) groups excluding carboxylic acids is 2. The quantitative estimate of drug-likeness (QED) is 0.431. The van der Waals surface area contributed by atoms with Crippen molar-refractivity contribution in [2.45, 2.75) is 18.4 Å². The number of hydrogen-bond donors (Lipinski definition) is 0. The number of ether oxygens (including phenoxy) is 2. The average molecular weight is 552 g/mol. The third kappa shape index (κ3) is 5.33. The minimum atomic E-state index is -4.16. The summed E-state index contributed by atoms with van der Waals surface area (Å²) in [7, 11) is -4.16. The molecule has 0 saturated carbocycles. The van der Waals surface area contributed by atoms with Crippen molar-refractivity contribution in [3.63, 3.8) is 0 Å². The van der Waals surface area contributed by atoms with E-state index < -0.39 is 32.6 Å². The van der Waals surface area contributed by atoms with E-state index in [0.29, 0.717) is 23.6 Å². The number of anilines is 1. The highest BCUT2D eigenvalue weighted by Crippen LogP contribution is 2.30. The molecule has 2 aliphatic heterocycles. The first-order chi connectivity index (χ1) is 18.8. The van der Waals surface area contributed by atoms with E-state index in [4.69, 9.17) is 9.47 Å². The van der Waals surface area contributed by atoms with Crippen molar-refractivity contribution in [2.24, 2.45) is 4.99 Å². The molecule has 2 aliphatic rings. The summed E-state index contributed by atoms with van der Waals surface area (Å²) in [5.74, 6) is -1.73. The molecule has 1 amide bonds. The van der Waals surface area contributed by atoms with Crippen molar-refractivity contribution in [3.05, 3.63) is 94.8 Å². The summed E-state index contributed by atoms with van der Waals surface area (Å²) in [6.07, 6.45) is 0. The Labute approximate surface area is 225 Å². The fourth-order valence-electron chi connectivity index (χ4n) is 4.51. The Morgan fingerprint density at radius 1 is 1.00 bits per heavy atom. The molecule has 0 unspecified atom stereocenters. The van der Waals surface area contributed by atoms with Crippen LogP contribution in [-0.4, -0.2) is 63.3 Å². The van der Waals surface area contributed by atoms with Crippen LogP contribution in [0.5, 0.6) is 0 Å². The van der Waals surface area contributed by atoms with Gasteiger partial charge in [-0.15, -0.1) is 0 Å². The third-order valence-electron chi connectivity index (χ3n) is 6.51. The number of nitrogens with zero attached hydrogens (tertiary/aromatic N) is 3. The molecular formula is C28H26FN3O6S. The lowest BCUT2D eigenvalue weighted by atomic mass is 10.1. The van der Waals surface area contributed by atoms with Gasteiger partial charge in [-0.25, -0.2) is 17.6 Å². The molecule has 2 heterocycles. The van der Waals surface area contributed by atoms with Gasteiger partial charge in [0, 0.05) is 29.9 Å². The monoisotopic (exact) mass is 551 g/mol. The molecular weight excluding hydrogens is 525 g/mol. The SMILES string of the molecule is CCOC(=O)c1ccc(N2Cc3ccccc3C2=NC(=O)c2ccc(F)c(S(=O)(=O)N3CCOCC3)c2)cc1. The highest BCUT2D eigenvalue weighted by molar-refractivity contribution is 7.89. The normalized spacial score (nSPS) is 16.8. The molecule has 1 saturated heterocycles. The van der Waals surface area contributed by atoms with Crippen molar-refractivity contribution in [2.75, 3.05) is 37.8 Å². The Morgan fingerprint density at radius 3 is 2.41 bits per heavy atom. The summed E-state index contributed by atoms with van der Waals surface area (Å²) in [6, 6.07) is 17.5. The van der Waals surface area contributed by atoms with Gasteiger partial charge in [-0.3, -0.25) is 4.79 Å². The van der Waals surface area contributed by atoms with Gasteiger partial charge in [0.15, 0.2) is 0 Å². The first-order valence-corrected chi connectivity index (χ1v) is 13.9. The number of sulfonamides is 1. The summed E-state index contributed by atoms with van der Waals surface area (Å²) in [4.78, 5) is 31.0. The third-order valence-corrected chi connectivity index (χ3v) is 8.42. The first-order valence-electron chi connectivity index (χ1n) is 12.4. The van der Waals surface area contributed by atoms with Crippen LogP contribution in [-0.2, 0) is 26.0 Å². The number of amidine groups is 1. The van der Waals surface area contributed by atoms with Gasteiger partial charge in [0.2, 0.25) is 10.0 Å². The highest BCUT2D eigenvalue weighted by Gasteiger charge is 2.31. The number of benzene rings is 3. The molecule has 0 aromatic heterocycles. The van der Waals surface area contributed by atoms with E-state index >= 15 is 0 Å². The number of hydrogen-bond acceptors (Lipinski definition) is 6. The maximum Gasteiger partial charge on any atom is 0.338 e. The van der Waals surface area contributed by atoms with Crippen molar-refractivity contribution in [1.82, 2.24) is 4.31 Å². The summed E-state index contributed by atoms with van der Waals surface area (Å²) >= 11 is 0. The summed E-state index contributed by atoms with van der Waals surface area (Å²) in [5.41, 5.74) is 2.71. The number of fused-ring (bicyclic) bond motifs is 1. The molecule has 0 N–H and O–H groups in total. The van der Waals surface area contributed by atoms with E-state index in [2.05, 4.69) is 4.99 Å². The zero-order valence-corrected chi connectivity index (χ0v) is 22.0. The van der Waals surface area contributed by atoms with Crippen LogP contribution in [0.25, 0.3) is 0 Å². The molecule has 5 rings (SSSR count). The molecule has 1 fully saturated rings. The standard InChI is InChI=1S/C28H26FN3O6S/c1-2-38-28(34)19-7-10-22(11-8-19)32-18-21-5-3-4-6-23(21)26(32)30-27(33)20-9-12-24(29)25(17-20)39(35,36)31-13-15-37-16-14-31/h3-12,17H,2,13-16,18H2,1H3. The second-order valence-electron chi connectivity index (χ2n) is 8.91. The number of aliphatic imine (C=N–C) groups is 1. The minimum absolute atomic E-state index is 0.0577. The predicted octanol–water partition coefficient (Wildman–Crippen LogP) is 3.63. The maximum atomic E-state index is 14.7. The lowest BCUT2D eigenvalue weighted by Crippen LogP contribution is -2.41. The van der Waals surface area contributed by atoms with Crippen LogP contribution in [0, 0.1) is 5.82 Å². The number of halogens is 1. The molecule has 202 valence electrons. The second kappa shape index (κ2) is 11.0. The van der Waals surface area contributed by atoms with Crippen molar-refractivity contribution >= 4 is 33.4 Å². The summed E-state index contributed by atoms with van der Waals surface area (Å²) in [6.45, 7) is 3.05. The highest BCUT2D eigenvalue weighted by atomic mass is 32.2. The Kier molecular flexibility index (Phi) is 7.56. The van der Waals surface area contributed by atoms with Crippen LogP contribution in [0.4, 0.5) is 10.1 Å². The largest absolute Gasteiger partial charge is 0.462 e. The van der Waals surface area contributed by atoms with Gasteiger partial charge in [-0.2, -0.15) is 9.30 Å². The van der Waals surface area contributed by atoms with Gasteiger partial charge in [-0.1, -0.05) is 24.3 Å². The molecule has 0 aliphatic carbocycles. The number of carbonyl (C=O) groups is 2. The van der Waals surface area contributed by atoms with Crippen LogP contribution in [0.2, 0.25) is 0 Å². The average Bonchev–Trinajstić information content (AvgIpc) is 3.32. The molecule has 0 atom stereocenters. The molecule has 0 radical (unpaired) electrons. The second-order valence-corrected chi connectivity index (χ2v) is 10.8. The number of esters is 1. The molecule has 0 spiro atoms. The van der Waals surface area contributed by atoms with Crippen LogP contribution >= 0.6 is 0 Å². The predicted molar refractivity (Wildman–Crippen MR) is 142 cm³/mol. The Hall–Kier alpha value is -3.93. The summed E-state index contributed by atoms with van der Waals surface area (Å²) < 4.78 is 52.2. The Bertz CT molecular complexity index is 1550. The van der Waals surface area contributed by atoms with Gasteiger partial charge in [0.1, 0.15) is 16.5 Å². The number of amides is 1. The van der Waals surface area contributed by atoms with E-state index in [-0.39, 0.29) is 38.5 Å². The van der Waals surface area contributed by atoms with E-state index in [1.54, 1.807) is 31.2 Å². The zero-order valence-electron chi connectivity index (χ0n) is 21.2. The van der Waals surface area contributed by atoms with Crippen molar-refractivity contribution in [3.8, 4) is 0 Å². The fourth-order valence-corrected chi connectivity index (χ4v) is 6.01. The van der Waals surface area contributed by atoms with Crippen molar-refractivity contribution in [1.29, 1.82) is 0 Å². The molecule has 39 heavy (non-hydrogen) atoms. The smallest absolute Gasteiger partial charge is 0.338 e. The van der Waals surface area contributed by atoms with Gasteiger partial charge in [0.25, 0.3) is 5.91 Å². The minimum Gasteiger partial charge on any atom is -0.462 e. The van der Waals surface area contributed by atoms with E-state index in [1.165, 1.54) is 6.07 Å². The topological polar surface area (TPSA) is 106 Å². The lowest BCUT2D eigenvalue weighted by molar-refractivity contribution is 0.0526. The molecule has 11 heteroatoms. The van der Waals surface area contributed by atoms with Crippen LogP contribution in [0.1, 0.15) is 38.8 Å². The van der Waals surface area contributed by atoms with E-state index in [9.17, 15) is 22.4 Å². The van der Waals surface area contributed by atoms with Crippen LogP contribution < -0.4 is 4.90 Å². The molecule has 0 bridgehead atoms. The molecule has 3 aromatic rings. The maximum absolute atomic E-state index is 14.7. The van der Waals surface area contributed by atoms with E-state index in [0.717, 1.165) is 27.6 Å². The van der Waals surface area contributed by atoms with Gasteiger partial charge in [0.05, 0.1) is 31.9 Å².